The monoisotopic (exact) mass is 375 g/mol. The first-order chi connectivity index (χ1) is 13.7. The third kappa shape index (κ3) is 2.83. The predicted molar refractivity (Wildman–Crippen MR) is 109 cm³/mol. The molecule has 0 atom stereocenters. The van der Waals surface area contributed by atoms with Crippen molar-refractivity contribution in [3.05, 3.63) is 54.4 Å². The first-order valence-electron chi connectivity index (χ1n) is 9.31. The summed E-state index contributed by atoms with van der Waals surface area (Å²) in [4.78, 5) is 14.0. The zero-order chi connectivity index (χ0) is 19.1. The number of nitrogens with two attached hydrogens (primary N) is 1. The van der Waals surface area contributed by atoms with E-state index in [1.807, 2.05) is 13.0 Å². The maximum Gasteiger partial charge on any atom is 0.218 e. The maximum absolute atomic E-state index is 5.66. The standard InChI is InChI=1S/C20H21N7O/c1-14-19(26-11-9-25(10-12-26)15-5-3-2-4-6-15)22-13-27-20(14)23-18(24-27)16-7-8-17(21)28-16/h2-8,13H,9-12,21H2,1H3. The minimum Gasteiger partial charge on any atom is -0.438 e. The van der Waals surface area contributed by atoms with Crippen LogP contribution < -0.4 is 15.5 Å². The fraction of sp³-hybridized carbons (Fsp3) is 0.250. The number of hydrogen-bond donors (Lipinski definition) is 1. The van der Waals surface area contributed by atoms with Gasteiger partial charge in [0.1, 0.15) is 12.1 Å². The molecule has 28 heavy (non-hydrogen) atoms. The molecule has 1 fully saturated rings. The van der Waals surface area contributed by atoms with Crippen LogP contribution in [0.2, 0.25) is 0 Å². The first kappa shape index (κ1) is 16.6. The molecule has 4 heterocycles. The van der Waals surface area contributed by atoms with Crippen molar-refractivity contribution < 1.29 is 4.42 Å². The van der Waals surface area contributed by atoms with Crippen LogP contribution in [0, 0.1) is 6.92 Å². The number of nitrogens with zero attached hydrogens (tertiary/aromatic N) is 6. The summed E-state index contributed by atoms with van der Waals surface area (Å²) in [6, 6.07) is 14.0. The van der Waals surface area contributed by atoms with Gasteiger partial charge in [-0.25, -0.2) is 14.5 Å². The van der Waals surface area contributed by atoms with Gasteiger partial charge < -0.3 is 20.0 Å². The molecule has 3 aromatic heterocycles. The van der Waals surface area contributed by atoms with Gasteiger partial charge in [-0.05, 0) is 25.1 Å². The molecule has 1 aliphatic rings. The van der Waals surface area contributed by atoms with Crippen molar-refractivity contribution in [1.82, 2.24) is 19.6 Å². The average Bonchev–Trinajstić information content (AvgIpc) is 3.36. The molecule has 1 saturated heterocycles. The number of anilines is 3. The van der Waals surface area contributed by atoms with Gasteiger partial charge in [0.15, 0.2) is 17.3 Å². The second-order valence-electron chi connectivity index (χ2n) is 6.91. The molecule has 8 nitrogen and oxygen atoms in total. The van der Waals surface area contributed by atoms with Crippen molar-refractivity contribution in [2.45, 2.75) is 6.92 Å². The van der Waals surface area contributed by atoms with Crippen LogP contribution in [0.25, 0.3) is 17.2 Å². The topological polar surface area (TPSA) is 88.7 Å². The minimum absolute atomic E-state index is 0.348. The van der Waals surface area contributed by atoms with Crippen molar-refractivity contribution in [3.8, 4) is 11.6 Å². The SMILES string of the molecule is Cc1c(N2CCN(c3ccccc3)CC2)ncn2nc(-c3ccc(N)o3)nc12. The lowest BCUT2D eigenvalue weighted by molar-refractivity contribution is 0.597. The van der Waals surface area contributed by atoms with E-state index in [-0.39, 0.29) is 0 Å². The molecule has 0 unspecified atom stereocenters. The number of piperazine rings is 1. The molecule has 1 aliphatic heterocycles. The molecular weight excluding hydrogens is 354 g/mol. The number of nitrogen functional groups attached to an aromatic ring is 1. The van der Waals surface area contributed by atoms with E-state index in [1.165, 1.54) is 5.69 Å². The summed E-state index contributed by atoms with van der Waals surface area (Å²) in [6.07, 6.45) is 1.71. The van der Waals surface area contributed by atoms with E-state index in [0.717, 1.165) is 43.2 Å². The van der Waals surface area contributed by atoms with Crippen molar-refractivity contribution in [1.29, 1.82) is 0 Å². The van der Waals surface area contributed by atoms with Gasteiger partial charge >= 0.3 is 0 Å². The Kier molecular flexibility index (Phi) is 3.89. The van der Waals surface area contributed by atoms with Crippen LogP contribution in [-0.2, 0) is 0 Å². The van der Waals surface area contributed by atoms with Crippen LogP contribution in [0.15, 0.2) is 53.2 Å². The van der Waals surface area contributed by atoms with Crippen LogP contribution in [-0.4, -0.2) is 45.8 Å². The van der Waals surface area contributed by atoms with Gasteiger partial charge in [-0.1, -0.05) is 18.2 Å². The summed E-state index contributed by atoms with van der Waals surface area (Å²) in [6.45, 7) is 5.78. The molecular formula is C20H21N7O. The van der Waals surface area contributed by atoms with Crippen molar-refractivity contribution in [2.75, 3.05) is 41.7 Å². The van der Waals surface area contributed by atoms with Crippen molar-refractivity contribution in [2.24, 2.45) is 0 Å². The van der Waals surface area contributed by atoms with Crippen molar-refractivity contribution in [3.63, 3.8) is 0 Å². The van der Waals surface area contributed by atoms with Gasteiger partial charge in [0.25, 0.3) is 0 Å². The van der Waals surface area contributed by atoms with E-state index in [9.17, 15) is 0 Å². The lowest BCUT2D eigenvalue weighted by atomic mass is 10.2. The summed E-state index contributed by atoms with van der Waals surface area (Å²) >= 11 is 0. The Labute approximate surface area is 162 Å². The lowest BCUT2D eigenvalue weighted by Gasteiger charge is -2.37. The number of hydrogen-bond acceptors (Lipinski definition) is 7. The first-order valence-corrected chi connectivity index (χ1v) is 9.31. The Bertz CT molecular complexity index is 1110. The highest BCUT2D eigenvalue weighted by atomic mass is 16.4. The molecule has 0 bridgehead atoms. The Hall–Kier alpha value is -3.55. The third-order valence-corrected chi connectivity index (χ3v) is 5.14. The van der Waals surface area contributed by atoms with Gasteiger partial charge in [0.2, 0.25) is 5.82 Å². The highest BCUT2D eigenvalue weighted by molar-refractivity contribution is 5.64. The normalized spacial score (nSPS) is 14.8. The van der Waals surface area contributed by atoms with Crippen LogP contribution in [0.1, 0.15) is 5.56 Å². The van der Waals surface area contributed by atoms with Crippen LogP contribution in [0.4, 0.5) is 17.4 Å². The number of rotatable bonds is 3. The van der Waals surface area contributed by atoms with Gasteiger partial charge in [0, 0.05) is 43.5 Å². The van der Waals surface area contributed by atoms with Crippen LogP contribution >= 0.6 is 0 Å². The summed E-state index contributed by atoms with van der Waals surface area (Å²) in [5.74, 6) is 2.37. The van der Waals surface area contributed by atoms with E-state index in [0.29, 0.717) is 17.5 Å². The largest absolute Gasteiger partial charge is 0.438 e. The zero-order valence-corrected chi connectivity index (χ0v) is 15.6. The number of aryl methyl sites for hydroxylation is 1. The molecule has 0 spiro atoms. The second kappa shape index (κ2) is 6.56. The maximum atomic E-state index is 5.66. The third-order valence-electron chi connectivity index (χ3n) is 5.14. The molecule has 5 rings (SSSR count). The molecule has 0 radical (unpaired) electrons. The van der Waals surface area contributed by atoms with Crippen LogP contribution in [0.5, 0.6) is 0 Å². The number of benzene rings is 1. The van der Waals surface area contributed by atoms with Crippen molar-refractivity contribution >= 4 is 23.0 Å². The lowest BCUT2D eigenvalue weighted by Crippen LogP contribution is -2.47. The summed E-state index contributed by atoms with van der Waals surface area (Å²) < 4.78 is 7.13. The number of furan rings is 1. The summed E-state index contributed by atoms with van der Waals surface area (Å²) in [5.41, 5.74) is 8.72. The highest BCUT2D eigenvalue weighted by Gasteiger charge is 2.22. The minimum atomic E-state index is 0.348. The molecule has 1 aromatic carbocycles. The van der Waals surface area contributed by atoms with Gasteiger partial charge in [-0.15, -0.1) is 5.10 Å². The molecule has 2 N–H and O–H groups in total. The summed E-state index contributed by atoms with van der Waals surface area (Å²) in [5, 5.41) is 4.46. The van der Waals surface area contributed by atoms with Gasteiger partial charge in [-0.2, -0.15) is 0 Å². The van der Waals surface area contributed by atoms with E-state index in [4.69, 9.17) is 10.2 Å². The van der Waals surface area contributed by atoms with E-state index >= 15 is 0 Å². The molecule has 8 heteroatoms. The fourth-order valence-electron chi connectivity index (χ4n) is 3.68. The van der Waals surface area contributed by atoms with E-state index in [1.54, 1.807) is 23.0 Å². The number of aromatic nitrogens is 4. The molecule has 4 aromatic rings. The molecule has 0 amide bonds. The number of fused-ring (bicyclic) bond motifs is 1. The predicted octanol–water partition coefficient (Wildman–Crippen LogP) is 2.60. The Morgan fingerprint density at radius 2 is 1.71 bits per heavy atom. The average molecular weight is 375 g/mol. The van der Waals surface area contributed by atoms with Gasteiger partial charge in [0.05, 0.1) is 0 Å². The smallest absolute Gasteiger partial charge is 0.218 e. The fourth-order valence-corrected chi connectivity index (χ4v) is 3.68. The quantitative estimate of drug-likeness (QED) is 0.589. The van der Waals surface area contributed by atoms with E-state index in [2.05, 4.69) is 49.1 Å². The molecule has 142 valence electrons. The highest BCUT2D eigenvalue weighted by Crippen LogP contribution is 2.26. The number of para-hydroxylation sites is 1. The summed E-state index contributed by atoms with van der Waals surface area (Å²) in [7, 11) is 0. The van der Waals surface area contributed by atoms with Gasteiger partial charge in [-0.3, -0.25) is 0 Å². The second-order valence-corrected chi connectivity index (χ2v) is 6.91. The Morgan fingerprint density at radius 1 is 0.964 bits per heavy atom. The molecule has 0 aliphatic carbocycles. The Morgan fingerprint density at radius 3 is 2.43 bits per heavy atom. The molecule has 0 saturated carbocycles. The van der Waals surface area contributed by atoms with Crippen LogP contribution in [0.3, 0.4) is 0 Å². The zero-order valence-electron chi connectivity index (χ0n) is 15.6. The Balaban J connectivity index is 1.40. The van der Waals surface area contributed by atoms with E-state index < -0.39 is 0 Å².